The number of nitrogens with two attached hydrogens (primary N) is 1. The molecule has 3 aliphatic heterocycles. The van der Waals surface area contributed by atoms with Gasteiger partial charge in [-0.15, -0.1) is 0 Å². The zero-order valence-corrected chi connectivity index (χ0v) is 17.6. The van der Waals surface area contributed by atoms with Crippen LogP contribution in [0.15, 0.2) is 58.1 Å². The molecule has 0 aliphatic carbocycles. The minimum Gasteiger partial charge on any atom is -0.490 e. The molecule has 0 saturated carbocycles. The number of hydrogen-bond acceptors (Lipinski definition) is 8. The first-order valence-corrected chi connectivity index (χ1v) is 10.5. The smallest absolute Gasteiger partial charge is 0.250 e. The number of rotatable bonds is 4. The van der Waals surface area contributed by atoms with E-state index in [0.717, 1.165) is 41.8 Å². The lowest BCUT2D eigenvalue weighted by atomic mass is 10.0. The Bertz CT molecular complexity index is 1190. The van der Waals surface area contributed by atoms with Crippen molar-refractivity contribution in [3.63, 3.8) is 0 Å². The quantitative estimate of drug-likeness (QED) is 0.577. The van der Waals surface area contributed by atoms with Gasteiger partial charge < -0.3 is 26.4 Å². The van der Waals surface area contributed by atoms with Crippen LogP contribution in [0.25, 0.3) is 11.1 Å². The van der Waals surface area contributed by atoms with Gasteiger partial charge in [0, 0.05) is 42.7 Å². The van der Waals surface area contributed by atoms with Crippen LogP contribution in [-0.4, -0.2) is 40.6 Å². The Labute approximate surface area is 184 Å². The van der Waals surface area contributed by atoms with Crippen molar-refractivity contribution in [3.8, 4) is 16.9 Å². The van der Waals surface area contributed by atoms with Crippen LogP contribution < -0.4 is 26.4 Å². The van der Waals surface area contributed by atoms with Gasteiger partial charge in [-0.05, 0) is 25.0 Å². The molecule has 0 radical (unpaired) electrons. The summed E-state index contributed by atoms with van der Waals surface area (Å²) in [6.07, 6.45) is 9.14. The number of carbonyl (C=O) groups is 1. The first-order chi connectivity index (χ1) is 15.6. The lowest BCUT2D eigenvalue weighted by Crippen LogP contribution is -2.43. The van der Waals surface area contributed by atoms with Gasteiger partial charge in [-0.1, -0.05) is 12.1 Å². The highest BCUT2D eigenvalue weighted by atomic mass is 16.5. The topological polar surface area (TPSA) is 131 Å². The van der Waals surface area contributed by atoms with Gasteiger partial charge in [-0.2, -0.15) is 5.10 Å². The largest absolute Gasteiger partial charge is 0.490 e. The van der Waals surface area contributed by atoms with E-state index in [4.69, 9.17) is 10.5 Å². The first-order valence-electron chi connectivity index (χ1n) is 10.5. The number of aliphatic imine (C=N–C) groups is 2. The molecule has 10 heteroatoms. The number of amides is 1. The molecule has 32 heavy (non-hydrogen) atoms. The molecule has 0 bridgehead atoms. The van der Waals surface area contributed by atoms with Crippen LogP contribution in [0, 0.1) is 0 Å². The van der Waals surface area contributed by atoms with E-state index in [1.165, 1.54) is 0 Å². The molecule has 2 aromatic rings. The molecule has 1 unspecified atom stereocenters. The van der Waals surface area contributed by atoms with Gasteiger partial charge in [0.1, 0.15) is 11.6 Å². The van der Waals surface area contributed by atoms with Gasteiger partial charge in [0.15, 0.2) is 6.17 Å². The van der Waals surface area contributed by atoms with Crippen molar-refractivity contribution in [2.75, 3.05) is 11.9 Å². The third-order valence-electron chi connectivity index (χ3n) is 5.56. The second-order valence-electron chi connectivity index (χ2n) is 7.65. The Morgan fingerprint density at radius 2 is 2.22 bits per heavy atom. The number of fused-ring (bicyclic) bond motifs is 3. The molecule has 10 nitrogen and oxygen atoms in total. The normalized spacial score (nSPS) is 19.2. The van der Waals surface area contributed by atoms with Crippen molar-refractivity contribution >= 4 is 23.8 Å². The van der Waals surface area contributed by atoms with Gasteiger partial charge in [-0.3, -0.25) is 9.48 Å². The van der Waals surface area contributed by atoms with E-state index in [9.17, 15) is 4.79 Å². The zero-order chi connectivity index (χ0) is 22.1. The predicted molar refractivity (Wildman–Crippen MR) is 122 cm³/mol. The van der Waals surface area contributed by atoms with E-state index in [1.54, 1.807) is 6.20 Å². The third kappa shape index (κ3) is 3.70. The molecular formula is C22H24N8O2. The number of allylic oxidation sites excluding steroid dienone is 1. The number of nitrogens with zero attached hydrogens (tertiary/aromatic N) is 4. The summed E-state index contributed by atoms with van der Waals surface area (Å²) in [4.78, 5) is 21.0. The van der Waals surface area contributed by atoms with Crippen LogP contribution in [0.3, 0.4) is 0 Å². The van der Waals surface area contributed by atoms with Gasteiger partial charge in [-0.25, -0.2) is 9.98 Å². The molecular weight excluding hydrogens is 408 g/mol. The first kappa shape index (κ1) is 19.9. The number of para-hydroxylation sites is 1. The van der Waals surface area contributed by atoms with E-state index in [2.05, 4.69) is 31.0 Å². The lowest BCUT2D eigenvalue weighted by molar-refractivity contribution is -0.114. The highest BCUT2D eigenvalue weighted by molar-refractivity contribution is 5.97. The number of ether oxygens (including phenoxy) is 1. The molecule has 1 atom stereocenters. The summed E-state index contributed by atoms with van der Waals surface area (Å²) in [6, 6.07) is 5.84. The maximum absolute atomic E-state index is 12.1. The number of guanidine groups is 1. The SMILES string of the molecule is Cn1ncc2c1CCOc1c(NC3N=C(NC4=CCCC=N4)NC=C3C(N)=O)cccc1-2. The molecule has 1 amide bonds. The summed E-state index contributed by atoms with van der Waals surface area (Å²) in [5.41, 5.74) is 9.74. The van der Waals surface area contributed by atoms with Crippen LogP contribution in [0.4, 0.5) is 5.69 Å². The van der Waals surface area contributed by atoms with Crippen LogP contribution >= 0.6 is 0 Å². The van der Waals surface area contributed by atoms with Crippen LogP contribution in [0.1, 0.15) is 18.5 Å². The van der Waals surface area contributed by atoms with E-state index in [1.807, 2.05) is 48.4 Å². The van der Waals surface area contributed by atoms with Crippen LogP contribution in [0.2, 0.25) is 0 Å². The zero-order valence-electron chi connectivity index (χ0n) is 17.6. The fraction of sp³-hybridized carbons (Fsp3) is 0.273. The average Bonchev–Trinajstić information content (AvgIpc) is 3.04. The van der Waals surface area contributed by atoms with Crippen LogP contribution in [-0.2, 0) is 18.3 Å². The highest BCUT2D eigenvalue weighted by Gasteiger charge is 2.27. The van der Waals surface area contributed by atoms with Crippen molar-refractivity contribution in [3.05, 3.63) is 53.8 Å². The molecule has 5 rings (SSSR count). The van der Waals surface area contributed by atoms with E-state index in [0.29, 0.717) is 29.7 Å². The Morgan fingerprint density at radius 1 is 1.31 bits per heavy atom. The summed E-state index contributed by atoms with van der Waals surface area (Å²) >= 11 is 0. The predicted octanol–water partition coefficient (Wildman–Crippen LogP) is 1.38. The van der Waals surface area contributed by atoms with Crippen molar-refractivity contribution in [2.45, 2.75) is 25.4 Å². The van der Waals surface area contributed by atoms with Gasteiger partial charge in [0.25, 0.3) is 0 Å². The fourth-order valence-corrected chi connectivity index (χ4v) is 3.96. The maximum atomic E-state index is 12.1. The number of anilines is 1. The minimum absolute atomic E-state index is 0.310. The van der Waals surface area contributed by atoms with E-state index in [-0.39, 0.29) is 0 Å². The third-order valence-corrected chi connectivity index (χ3v) is 5.56. The van der Waals surface area contributed by atoms with E-state index < -0.39 is 12.1 Å². The van der Waals surface area contributed by atoms with Crippen molar-refractivity contribution in [1.82, 2.24) is 20.4 Å². The van der Waals surface area contributed by atoms with Gasteiger partial charge in [0.2, 0.25) is 11.9 Å². The molecule has 1 aromatic heterocycles. The number of benzene rings is 1. The number of aromatic nitrogens is 2. The summed E-state index contributed by atoms with van der Waals surface area (Å²) in [5, 5.41) is 13.9. The molecule has 1 aromatic carbocycles. The number of nitrogens with one attached hydrogen (secondary N) is 3. The van der Waals surface area contributed by atoms with Crippen molar-refractivity contribution in [1.29, 1.82) is 0 Å². The summed E-state index contributed by atoms with van der Waals surface area (Å²) in [7, 11) is 1.93. The Kier molecular flexibility index (Phi) is 5.10. The van der Waals surface area contributed by atoms with Gasteiger partial charge >= 0.3 is 0 Å². The van der Waals surface area contributed by atoms with Crippen molar-refractivity contribution in [2.24, 2.45) is 22.8 Å². The molecule has 4 heterocycles. The summed E-state index contributed by atoms with van der Waals surface area (Å²) in [5.74, 6) is 1.31. The van der Waals surface area contributed by atoms with Gasteiger partial charge in [0.05, 0.1) is 24.1 Å². The Hall–Kier alpha value is -4.08. The number of hydrogen-bond donors (Lipinski definition) is 4. The van der Waals surface area contributed by atoms with Crippen LogP contribution in [0.5, 0.6) is 5.75 Å². The standard InChI is InChI=1S/C22H24N8O2/c1-30-17-8-10-32-19-13(14(17)12-26-30)5-4-6-16(19)27-21-15(20(23)31)11-25-22(29-21)28-18-7-2-3-9-24-18/h4-7,9,11-12,21,27H,2-3,8,10H2,1H3,(H2,23,31)(H2,25,28,29). The number of primary amides is 1. The fourth-order valence-electron chi connectivity index (χ4n) is 3.96. The molecule has 164 valence electrons. The molecule has 0 saturated heterocycles. The Morgan fingerprint density at radius 3 is 3.03 bits per heavy atom. The molecule has 5 N–H and O–H groups in total. The Balaban J connectivity index is 1.47. The lowest BCUT2D eigenvalue weighted by Gasteiger charge is -2.25. The second-order valence-corrected chi connectivity index (χ2v) is 7.65. The van der Waals surface area contributed by atoms with Crippen molar-refractivity contribution < 1.29 is 9.53 Å². The minimum atomic E-state index is -0.698. The number of aryl methyl sites for hydroxylation is 1. The molecule has 0 fully saturated rings. The second kappa shape index (κ2) is 8.22. The highest BCUT2D eigenvalue weighted by Crippen LogP contribution is 2.40. The summed E-state index contributed by atoms with van der Waals surface area (Å²) < 4.78 is 7.99. The monoisotopic (exact) mass is 432 g/mol. The molecule has 0 spiro atoms. The number of carbonyl (C=O) groups excluding carboxylic acids is 1. The average molecular weight is 432 g/mol. The molecule has 3 aliphatic rings. The maximum Gasteiger partial charge on any atom is 0.250 e. The summed E-state index contributed by atoms with van der Waals surface area (Å²) in [6.45, 7) is 0.519. The van der Waals surface area contributed by atoms with E-state index >= 15 is 0 Å².